The molecule has 0 aromatic heterocycles. The van der Waals surface area contributed by atoms with Gasteiger partial charge in [0.2, 0.25) is 0 Å². The highest BCUT2D eigenvalue weighted by Gasteiger charge is 2.04. The first-order valence-electron chi connectivity index (χ1n) is 8.72. The summed E-state index contributed by atoms with van der Waals surface area (Å²) in [5.41, 5.74) is 2.35. The summed E-state index contributed by atoms with van der Waals surface area (Å²) < 4.78 is 10.6. The van der Waals surface area contributed by atoms with E-state index in [1.54, 1.807) is 20.3 Å². The van der Waals surface area contributed by atoms with Crippen LogP contribution in [0.2, 0.25) is 0 Å². The molecule has 2 rings (SSSR count). The van der Waals surface area contributed by atoms with Crippen LogP contribution < -0.4 is 9.47 Å². The molecule has 0 aliphatic carbocycles. The molecule has 130 valence electrons. The zero-order chi connectivity index (χ0) is 17.2. The molecule has 0 saturated heterocycles. The van der Waals surface area contributed by atoms with Crippen LogP contribution in [0.15, 0.2) is 42.5 Å². The van der Waals surface area contributed by atoms with Crippen molar-refractivity contribution < 1.29 is 14.6 Å². The van der Waals surface area contributed by atoms with Crippen molar-refractivity contribution in [2.45, 2.75) is 44.9 Å². The zero-order valence-electron chi connectivity index (χ0n) is 14.8. The Hall–Kier alpha value is -2.16. The molecule has 0 fully saturated rings. The molecule has 2 aromatic rings. The fourth-order valence-electron chi connectivity index (χ4n) is 2.93. The van der Waals surface area contributed by atoms with Gasteiger partial charge in [-0.15, -0.1) is 0 Å². The lowest BCUT2D eigenvalue weighted by Gasteiger charge is -2.09. The Kier molecular flexibility index (Phi) is 7.47. The van der Waals surface area contributed by atoms with Crippen molar-refractivity contribution in [3.05, 3.63) is 53.6 Å². The molecule has 0 heterocycles. The predicted octanol–water partition coefficient (Wildman–Crippen LogP) is 5.15. The van der Waals surface area contributed by atoms with Crippen LogP contribution in [0.25, 0.3) is 0 Å². The van der Waals surface area contributed by atoms with Gasteiger partial charge in [-0.1, -0.05) is 43.5 Å². The van der Waals surface area contributed by atoms with E-state index in [9.17, 15) is 5.11 Å². The summed E-state index contributed by atoms with van der Waals surface area (Å²) in [4.78, 5) is 0. The van der Waals surface area contributed by atoms with Gasteiger partial charge < -0.3 is 14.6 Å². The monoisotopic (exact) mass is 328 g/mol. The molecule has 3 nitrogen and oxygen atoms in total. The molecule has 24 heavy (non-hydrogen) atoms. The average Bonchev–Trinajstić information content (AvgIpc) is 2.62. The minimum atomic E-state index is 0.422. The smallest absolute Gasteiger partial charge is 0.160 e. The fourth-order valence-corrected chi connectivity index (χ4v) is 2.93. The van der Waals surface area contributed by atoms with E-state index in [0.29, 0.717) is 5.75 Å². The van der Waals surface area contributed by atoms with Crippen LogP contribution in [-0.2, 0) is 12.8 Å². The van der Waals surface area contributed by atoms with Crippen LogP contribution in [0.3, 0.4) is 0 Å². The fraction of sp³-hybridized carbons (Fsp3) is 0.429. The van der Waals surface area contributed by atoms with Gasteiger partial charge in [-0.3, -0.25) is 0 Å². The summed E-state index contributed by atoms with van der Waals surface area (Å²) in [5, 5.41) is 9.74. The molecule has 0 bridgehead atoms. The number of aromatic hydroxyl groups is 1. The maximum atomic E-state index is 9.74. The molecule has 3 heteroatoms. The number of rotatable bonds is 10. The minimum Gasteiger partial charge on any atom is -0.508 e. The lowest BCUT2D eigenvalue weighted by Crippen LogP contribution is -1.93. The predicted molar refractivity (Wildman–Crippen MR) is 98.1 cm³/mol. The van der Waals surface area contributed by atoms with Crippen LogP contribution in [0.4, 0.5) is 0 Å². The number of ether oxygens (including phenoxy) is 2. The van der Waals surface area contributed by atoms with Gasteiger partial charge in [0.1, 0.15) is 5.75 Å². The number of benzene rings is 2. The van der Waals surface area contributed by atoms with Crippen molar-refractivity contribution in [1.29, 1.82) is 0 Å². The minimum absolute atomic E-state index is 0.422. The van der Waals surface area contributed by atoms with E-state index in [1.165, 1.54) is 31.2 Å². The van der Waals surface area contributed by atoms with E-state index in [-0.39, 0.29) is 0 Å². The topological polar surface area (TPSA) is 38.7 Å². The third-order valence-electron chi connectivity index (χ3n) is 4.35. The first kappa shape index (κ1) is 18.2. The average molecular weight is 328 g/mol. The summed E-state index contributed by atoms with van der Waals surface area (Å²) >= 11 is 0. The summed E-state index contributed by atoms with van der Waals surface area (Å²) in [6.07, 6.45) is 8.03. The van der Waals surface area contributed by atoms with Gasteiger partial charge in [0.25, 0.3) is 0 Å². The highest BCUT2D eigenvalue weighted by molar-refractivity contribution is 5.42. The van der Waals surface area contributed by atoms with Gasteiger partial charge in [0.15, 0.2) is 11.5 Å². The van der Waals surface area contributed by atoms with E-state index in [0.717, 1.165) is 36.3 Å². The van der Waals surface area contributed by atoms with Crippen LogP contribution in [-0.4, -0.2) is 19.3 Å². The van der Waals surface area contributed by atoms with Gasteiger partial charge in [-0.2, -0.15) is 0 Å². The van der Waals surface area contributed by atoms with E-state index < -0.39 is 0 Å². The second-order valence-corrected chi connectivity index (χ2v) is 6.09. The Morgan fingerprint density at radius 3 is 2.12 bits per heavy atom. The first-order valence-corrected chi connectivity index (χ1v) is 8.72. The highest BCUT2D eigenvalue weighted by Crippen LogP contribution is 2.28. The molecule has 0 atom stereocenters. The van der Waals surface area contributed by atoms with Crippen molar-refractivity contribution in [2.75, 3.05) is 14.2 Å². The Labute approximate surface area is 145 Å². The van der Waals surface area contributed by atoms with Crippen LogP contribution >= 0.6 is 0 Å². The Morgan fingerprint density at radius 2 is 1.42 bits per heavy atom. The molecule has 0 aliphatic rings. The Morgan fingerprint density at radius 1 is 0.750 bits per heavy atom. The molecule has 2 aromatic carbocycles. The van der Waals surface area contributed by atoms with Crippen molar-refractivity contribution >= 4 is 0 Å². The number of hydrogen-bond donors (Lipinski definition) is 1. The molecule has 1 N–H and O–H groups in total. The first-order chi connectivity index (χ1) is 11.7. The highest BCUT2D eigenvalue weighted by atomic mass is 16.5. The largest absolute Gasteiger partial charge is 0.508 e. The molecule has 0 aliphatic heterocycles. The maximum Gasteiger partial charge on any atom is 0.160 e. The molecule has 0 amide bonds. The van der Waals surface area contributed by atoms with E-state index in [4.69, 9.17) is 9.47 Å². The van der Waals surface area contributed by atoms with Crippen molar-refractivity contribution in [3.63, 3.8) is 0 Å². The number of hydrogen-bond acceptors (Lipinski definition) is 3. The third-order valence-corrected chi connectivity index (χ3v) is 4.35. The van der Waals surface area contributed by atoms with Gasteiger partial charge in [0.05, 0.1) is 14.2 Å². The lowest BCUT2D eigenvalue weighted by molar-refractivity contribution is 0.354. The van der Waals surface area contributed by atoms with Gasteiger partial charge >= 0.3 is 0 Å². The molecule has 0 spiro atoms. The van der Waals surface area contributed by atoms with E-state index in [1.807, 2.05) is 24.3 Å². The Balaban J connectivity index is 1.62. The molecule has 0 saturated carbocycles. The maximum absolute atomic E-state index is 9.74. The molecule has 0 radical (unpaired) electrons. The quantitative estimate of drug-likeness (QED) is 0.613. The zero-order valence-corrected chi connectivity index (χ0v) is 14.8. The van der Waals surface area contributed by atoms with Crippen molar-refractivity contribution in [3.8, 4) is 17.2 Å². The summed E-state index contributed by atoms with van der Waals surface area (Å²) in [6.45, 7) is 0. The lowest BCUT2D eigenvalue weighted by atomic mass is 10.0. The van der Waals surface area contributed by atoms with Gasteiger partial charge in [0, 0.05) is 0 Å². The number of methoxy groups -OCH3 is 2. The Bertz CT molecular complexity index is 622. The van der Waals surface area contributed by atoms with Crippen molar-refractivity contribution in [1.82, 2.24) is 0 Å². The number of phenols is 1. The van der Waals surface area contributed by atoms with Crippen molar-refractivity contribution in [2.24, 2.45) is 0 Å². The second-order valence-electron chi connectivity index (χ2n) is 6.09. The summed E-state index contributed by atoms with van der Waals surface area (Å²) in [6, 6.07) is 13.8. The van der Waals surface area contributed by atoms with Crippen LogP contribution in [0, 0.1) is 0 Å². The third kappa shape index (κ3) is 5.48. The number of phenolic OH excluding ortho intramolecular Hbond substituents is 1. The number of para-hydroxylation sites is 1. The second kappa shape index (κ2) is 9.86. The van der Waals surface area contributed by atoms with Crippen LogP contribution in [0.1, 0.15) is 43.2 Å². The van der Waals surface area contributed by atoms with Crippen LogP contribution in [0.5, 0.6) is 17.2 Å². The summed E-state index contributed by atoms with van der Waals surface area (Å²) in [5.74, 6) is 2.01. The number of aryl methyl sites for hydroxylation is 2. The standard InChI is InChI=1S/C21H28O3/c1-23-20-15-14-17(16-21(20)24-2)10-6-4-3-5-7-11-18-12-8-9-13-19(18)22/h8-9,12-16,22H,3-7,10-11H2,1-2H3. The van der Waals surface area contributed by atoms with Gasteiger partial charge in [-0.05, 0) is 55.0 Å². The molecular formula is C21H28O3. The number of unbranched alkanes of at least 4 members (excludes halogenated alkanes) is 4. The van der Waals surface area contributed by atoms with E-state index >= 15 is 0 Å². The van der Waals surface area contributed by atoms with Gasteiger partial charge in [-0.25, -0.2) is 0 Å². The van der Waals surface area contributed by atoms with E-state index in [2.05, 4.69) is 12.1 Å². The SMILES string of the molecule is COc1ccc(CCCCCCCc2ccccc2O)cc1OC. The normalized spacial score (nSPS) is 10.6. The molecule has 0 unspecified atom stereocenters. The summed E-state index contributed by atoms with van der Waals surface area (Å²) in [7, 11) is 3.33. The molecular weight excluding hydrogens is 300 g/mol.